The third-order valence-corrected chi connectivity index (χ3v) is 5.03. The minimum atomic E-state index is -0.362. The summed E-state index contributed by atoms with van der Waals surface area (Å²) in [7, 11) is 1.36. The van der Waals surface area contributed by atoms with E-state index in [1.807, 2.05) is 24.3 Å². The molecule has 0 atom stereocenters. The summed E-state index contributed by atoms with van der Waals surface area (Å²) in [5, 5.41) is 0. The molecule has 0 saturated carbocycles. The van der Waals surface area contributed by atoms with Gasteiger partial charge in [0.15, 0.2) is 5.78 Å². The summed E-state index contributed by atoms with van der Waals surface area (Å²) < 4.78 is 4.72. The predicted octanol–water partition coefficient (Wildman–Crippen LogP) is 4.79. The molecule has 0 bridgehead atoms. The van der Waals surface area contributed by atoms with Crippen LogP contribution < -0.4 is 0 Å². The maximum absolute atomic E-state index is 12.4. The van der Waals surface area contributed by atoms with Crippen LogP contribution in [0.25, 0.3) is 5.57 Å². The highest BCUT2D eigenvalue weighted by Crippen LogP contribution is 2.38. The Kier molecular flexibility index (Phi) is 4.34. The summed E-state index contributed by atoms with van der Waals surface area (Å²) in [5.41, 5.74) is 5.11. The lowest BCUT2D eigenvalue weighted by molar-refractivity contribution is 0.0600. The normalized spacial score (nSPS) is 15.4. The molecule has 25 heavy (non-hydrogen) atoms. The van der Waals surface area contributed by atoms with Gasteiger partial charge in [-0.25, -0.2) is 4.79 Å². The number of ketones is 1. The van der Waals surface area contributed by atoms with Crippen molar-refractivity contribution in [1.29, 1.82) is 0 Å². The van der Waals surface area contributed by atoms with Crippen LogP contribution in [0, 0.1) is 0 Å². The Morgan fingerprint density at radius 2 is 1.64 bits per heavy atom. The van der Waals surface area contributed by atoms with Crippen molar-refractivity contribution in [2.24, 2.45) is 0 Å². The van der Waals surface area contributed by atoms with Crippen LogP contribution >= 0.6 is 0 Å². The van der Waals surface area contributed by atoms with Crippen LogP contribution in [-0.2, 0) is 10.2 Å². The van der Waals surface area contributed by atoms with E-state index in [4.69, 9.17) is 4.74 Å². The van der Waals surface area contributed by atoms with E-state index in [2.05, 4.69) is 26.5 Å². The van der Waals surface area contributed by atoms with E-state index in [-0.39, 0.29) is 17.2 Å². The zero-order chi connectivity index (χ0) is 18.2. The monoisotopic (exact) mass is 334 g/mol. The van der Waals surface area contributed by atoms with E-state index in [0.717, 1.165) is 34.2 Å². The molecule has 1 aliphatic carbocycles. The first-order chi connectivity index (χ1) is 11.8. The molecular weight excluding hydrogens is 312 g/mol. The number of hydrogen-bond acceptors (Lipinski definition) is 3. The molecule has 0 saturated heterocycles. The molecule has 0 spiro atoms. The van der Waals surface area contributed by atoms with Crippen LogP contribution in [0.2, 0.25) is 0 Å². The van der Waals surface area contributed by atoms with E-state index in [0.29, 0.717) is 12.0 Å². The van der Waals surface area contributed by atoms with Crippen molar-refractivity contribution in [1.82, 2.24) is 0 Å². The van der Waals surface area contributed by atoms with Crippen molar-refractivity contribution >= 4 is 17.3 Å². The smallest absolute Gasteiger partial charge is 0.337 e. The molecule has 2 aromatic carbocycles. The Hall–Kier alpha value is -2.68. The van der Waals surface area contributed by atoms with Crippen LogP contribution in [0.15, 0.2) is 49.0 Å². The first-order valence-corrected chi connectivity index (χ1v) is 8.39. The van der Waals surface area contributed by atoms with E-state index in [1.165, 1.54) is 7.11 Å². The van der Waals surface area contributed by atoms with Gasteiger partial charge in [0.2, 0.25) is 0 Å². The minimum absolute atomic E-state index is 0.0191. The summed E-state index contributed by atoms with van der Waals surface area (Å²) in [5.74, 6) is -0.163. The van der Waals surface area contributed by atoms with Gasteiger partial charge < -0.3 is 4.74 Å². The van der Waals surface area contributed by atoms with E-state index in [1.54, 1.807) is 12.1 Å². The third-order valence-electron chi connectivity index (χ3n) is 5.03. The number of carbonyl (C=O) groups is 2. The molecule has 0 fully saturated rings. The topological polar surface area (TPSA) is 43.4 Å². The van der Waals surface area contributed by atoms with Gasteiger partial charge in [-0.05, 0) is 52.3 Å². The molecule has 3 rings (SSSR count). The number of fused-ring (bicyclic) bond motifs is 1. The highest BCUT2D eigenvalue weighted by molar-refractivity contribution is 6.00. The molecule has 3 nitrogen and oxygen atoms in total. The van der Waals surface area contributed by atoms with E-state index < -0.39 is 0 Å². The second-order valence-corrected chi connectivity index (χ2v) is 7.11. The highest BCUT2D eigenvalue weighted by atomic mass is 16.5. The Bertz CT molecular complexity index is 857. The van der Waals surface area contributed by atoms with Crippen molar-refractivity contribution in [2.45, 2.75) is 32.1 Å². The molecule has 0 radical (unpaired) electrons. The largest absolute Gasteiger partial charge is 0.465 e. The fraction of sp³-hybridized carbons (Fsp3) is 0.273. The van der Waals surface area contributed by atoms with Crippen molar-refractivity contribution < 1.29 is 14.3 Å². The zero-order valence-corrected chi connectivity index (χ0v) is 14.9. The Labute approximate surface area is 148 Å². The molecule has 0 amide bonds. The standard InChI is InChI=1S/C22H22O3/c1-14(15-5-7-16(8-6-15)21(24)25-4)17-9-10-19-18(13-17)20(23)11-12-22(19,2)3/h5-10,13H,1,11-12H2,2-4H3. The first kappa shape index (κ1) is 17.2. The van der Waals surface area contributed by atoms with Gasteiger partial charge in [-0.15, -0.1) is 0 Å². The number of rotatable bonds is 3. The average molecular weight is 334 g/mol. The lowest BCUT2D eigenvalue weighted by Gasteiger charge is -2.32. The van der Waals surface area contributed by atoms with Gasteiger partial charge >= 0.3 is 5.97 Å². The molecule has 0 N–H and O–H groups in total. The summed E-state index contributed by atoms with van der Waals surface area (Å²) in [6, 6.07) is 13.2. The second-order valence-electron chi connectivity index (χ2n) is 7.11. The van der Waals surface area contributed by atoms with E-state index >= 15 is 0 Å². The van der Waals surface area contributed by atoms with Crippen molar-refractivity contribution in [3.05, 3.63) is 76.9 Å². The molecule has 0 heterocycles. The van der Waals surface area contributed by atoms with Gasteiger partial charge in [0.05, 0.1) is 12.7 Å². The maximum Gasteiger partial charge on any atom is 0.337 e. The SMILES string of the molecule is C=C(c1ccc(C(=O)OC)cc1)c1ccc2c(c1)C(=O)CCC2(C)C. The van der Waals surface area contributed by atoms with Gasteiger partial charge in [-0.2, -0.15) is 0 Å². The number of benzene rings is 2. The first-order valence-electron chi connectivity index (χ1n) is 8.39. The van der Waals surface area contributed by atoms with Crippen LogP contribution in [0.5, 0.6) is 0 Å². The summed E-state index contributed by atoms with van der Waals surface area (Å²) in [6.45, 7) is 8.53. The second kappa shape index (κ2) is 6.32. The van der Waals surface area contributed by atoms with Crippen molar-refractivity contribution in [3.63, 3.8) is 0 Å². The lowest BCUT2D eigenvalue weighted by Crippen LogP contribution is -2.27. The highest BCUT2D eigenvalue weighted by Gasteiger charge is 2.31. The maximum atomic E-state index is 12.4. The molecule has 0 unspecified atom stereocenters. The van der Waals surface area contributed by atoms with Crippen LogP contribution in [0.3, 0.4) is 0 Å². The summed E-state index contributed by atoms with van der Waals surface area (Å²) in [6.07, 6.45) is 1.47. The van der Waals surface area contributed by atoms with Gasteiger partial charge in [0, 0.05) is 12.0 Å². The fourth-order valence-corrected chi connectivity index (χ4v) is 3.34. The molecule has 2 aromatic rings. The number of methoxy groups -OCH3 is 1. The van der Waals surface area contributed by atoms with Gasteiger partial charge in [-0.3, -0.25) is 4.79 Å². The quantitative estimate of drug-likeness (QED) is 0.758. The van der Waals surface area contributed by atoms with Gasteiger partial charge in [0.1, 0.15) is 0 Å². The number of Topliss-reactive ketones (excluding diaryl/α,β-unsaturated/α-hetero) is 1. The van der Waals surface area contributed by atoms with Gasteiger partial charge in [0.25, 0.3) is 0 Å². The average Bonchev–Trinajstić information content (AvgIpc) is 2.63. The number of ether oxygens (including phenoxy) is 1. The number of carbonyl (C=O) groups excluding carboxylic acids is 2. The Morgan fingerprint density at radius 3 is 2.28 bits per heavy atom. The van der Waals surface area contributed by atoms with Crippen LogP contribution in [0.4, 0.5) is 0 Å². The fourth-order valence-electron chi connectivity index (χ4n) is 3.34. The number of hydrogen-bond donors (Lipinski definition) is 0. The Balaban J connectivity index is 1.95. The molecule has 0 aliphatic heterocycles. The Morgan fingerprint density at radius 1 is 1.04 bits per heavy atom. The van der Waals surface area contributed by atoms with Crippen molar-refractivity contribution in [2.75, 3.05) is 7.11 Å². The summed E-state index contributed by atoms with van der Waals surface area (Å²) >= 11 is 0. The third kappa shape index (κ3) is 3.14. The van der Waals surface area contributed by atoms with Gasteiger partial charge in [-0.1, -0.05) is 44.7 Å². The lowest BCUT2D eigenvalue weighted by atomic mass is 9.71. The molecular formula is C22H22O3. The molecule has 128 valence electrons. The zero-order valence-electron chi connectivity index (χ0n) is 14.9. The summed E-state index contributed by atoms with van der Waals surface area (Å²) in [4.78, 5) is 23.9. The van der Waals surface area contributed by atoms with Crippen LogP contribution in [-0.4, -0.2) is 18.9 Å². The molecule has 3 heteroatoms. The number of esters is 1. The predicted molar refractivity (Wildman–Crippen MR) is 99.0 cm³/mol. The molecule has 0 aromatic heterocycles. The van der Waals surface area contributed by atoms with E-state index in [9.17, 15) is 9.59 Å². The minimum Gasteiger partial charge on any atom is -0.465 e. The van der Waals surface area contributed by atoms with Crippen molar-refractivity contribution in [3.8, 4) is 0 Å². The van der Waals surface area contributed by atoms with Crippen LogP contribution in [0.1, 0.15) is 64.1 Å². The molecule has 1 aliphatic rings.